The topological polar surface area (TPSA) is 53.9 Å². The van der Waals surface area contributed by atoms with Crippen LogP contribution in [0.2, 0.25) is 0 Å². The molecule has 1 saturated heterocycles. The van der Waals surface area contributed by atoms with Crippen LogP contribution in [-0.4, -0.2) is 40.1 Å². The van der Waals surface area contributed by atoms with Gasteiger partial charge < -0.3 is 10.2 Å². The van der Waals surface area contributed by atoms with Crippen molar-refractivity contribution in [3.05, 3.63) is 36.9 Å². The van der Waals surface area contributed by atoms with E-state index in [1.807, 2.05) is 24.5 Å². The summed E-state index contributed by atoms with van der Waals surface area (Å²) in [4.78, 5) is 15.3. The standard InChI is InChI=1S/C15H19N5/c1-15(2)11-20(8-7-19-15)14-17-9-13(10-18-14)12-3-5-16-6-4-12/h3-6,9-10,19H,7-8,11H2,1-2H3. The Morgan fingerprint density at radius 2 is 1.80 bits per heavy atom. The molecule has 2 aromatic heterocycles. The maximum absolute atomic E-state index is 4.51. The predicted octanol–water partition coefficient (Wildman–Crippen LogP) is 1.73. The number of nitrogens with zero attached hydrogens (tertiary/aromatic N) is 4. The Bertz CT molecular complexity index is 565. The average Bonchev–Trinajstić information content (AvgIpc) is 2.47. The highest BCUT2D eigenvalue weighted by atomic mass is 15.3. The van der Waals surface area contributed by atoms with Gasteiger partial charge in [-0.25, -0.2) is 9.97 Å². The Morgan fingerprint density at radius 1 is 1.10 bits per heavy atom. The fraction of sp³-hybridized carbons (Fsp3) is 0.400. The molecule has 0 aromatic carbocycles. The van der Waals surface area contributed by atoms with Gasteiger partial charge in [0.25, 0.3) is 0 Å². The molecule has 2 aromatic rings. The van der Waals surface area contributed by atoms with E-state index in [2.05, 4.69) is 39.0 Å². The normalized spacial score (nSPS) is 18.0. The van der Waals surface area contributed by atoms with Crippen molar-refractivity contribution in [2.24, 2.45) is 0 Å². The molecule has 5 nitrogen and oxygen atoms in total. The van der Waals surface area contributed by atoms with Crippen LogP contribution >= 0.6 is 0 Å². The van der Waals surface area contributed by atoms with Crippen LogP contribution in [0.5, 0.6) is 0 Å². The van der Waals surface area contributed by atoms with E-state index in [1.54, 1.807) is 12.4 Å². The predicted molar refractivity (Wildman–Crippen MR) is 79.6 cm³/mol. The average molecular weight is 269 g/mol. The van der Waals surface area contributed by atoms with Crippen molar-refractivity contribution in [2.75, 3.05) is 24.5 Å². The molecule has 3 rings (SSSR count). The molecule has 104 valence electrons. The zero-order chi connectivity index (χ0) is 14.0. The van der Waals surface area contributed by atoms with Gasteiger partial charge in [0, 0.05) is 55.5 Å². The fourth-order valence-electron chi connectivity index (χ4n) is 2.49. The first-order chi connectivity index (χ1) is 9.64. The molecule has 1 aliphatic heterocycles. The maximum atomic E-state index is 4.51. The van der Waals surface area contributed by atoms with Crippen LogP contribution in [0.25, 0.3) is 11.1 Å². The maximum Gasteiger partial charge on any atom is 0.225 e. The summed E-state index contributed by atoms with van der Waals surface area (Å²) in [5.74, 6) is 0.803. The van der Waals surface area contributed by atoms with Crippen LogP contribution in [0.4, 0.5) is 5.95 Å². The van der Waals surface area contributed by atoms with Crippen LogP contribution in [0.3, 0.4) is 0 Å². The van der Waals surface area contributed by atoms with E-state index in [1.165, 1.54) is 0 Å². The minimum absolute atomic E-state index is 0.103. The Balaban J connectivity index is 1.80. The van der Waals surface area contributed by atoms with Gasteiger partial charge in [0.05, 0.1) is 0 Å². The van der Waals surface area contributed by atoms with Crippen molar-refractivity contribution in [1.29, 1.82) is 0 Å². The van der Waals surface area contributed by atoms with Gasteiger partial charge in [0.1, 0.15) is 0 Å². The first kappa shape index (κ1) is 13.0. The molecule has 0 atom stereocenters. The van der Waals surface area contributed by atoms with Crippen molar-refractivity contribution >= 4 is 5.95 Å². The SMILES string of the molecule is CC1(C)CN(c2ncc(-c3ccncc3)cn2)CCN1. The minimum Gasteiger partial charge on any atom is -0.338 e. The van der Waals surface area contributed by atoms with E-state index in [9.17, 15) is 0 Å². The third-order valence-electron chi connectivity index (χ3n) is 3.51. The summed E-state index contributed by atoms with van der Waals surface area (Å²) >= 11 is 0. The van der Waals surface area contributed by atoms with E-state index in [0.717, 1.165) is 36.7 Å². The van der Waals surface area contributed by atoms with Gasteiger partial charge in [-0.05, 0) is 31.5 Å². The number of aromatic nitrogens is 3. The molecule has 0 aliphatic carbocycles. The molecular weight excluding hydrogens is 250 g/mol. The summed E-state index contributed by atoms with van der Waals surface area (Å²) in [5.41, 5.74) is 2.21. The number of hydrogen-bond donors (Lipinski definition) is 1. The molecule has 0 saturated carbocycles. The second kappa shape index (κ2) is 5.17. The Morgan fingerprint density at radius 3 is 2.45 bits per heavy atom. The molecule has 1 N–H and O–H groups in total. The first-order valence-corrected chi connectivity index (χ1v) is 6.86. The lowest BCUT2D eigenvalue weighted by molar-refractivity contribution is 0.350. The molecule has 0 spiro atoms. The molecule has 1 aliphatic rings. The second-order valence-corrected chi connectivity index (χ2v) is 5.74. The molecule has 5 heteroatoms. The molecule has 20 heavy (non-hydrogen) atoms. The number of anilines is 1. The lowest BCUT2D eigenvalue weighted by atomic mass is 10.0. The Kier molecular flexibility index (Phi) is 3.36. The summed E-state index contributed by atoms with van der Waals surface area (Å²) in [5, 5.41) is 3.49. The number of piperazine rings is 1. The monoisotopic (exact) mass is 269 g/mol. The highest BCUT2D eigenvalue weighted by Gasteiger charge is 2.26. The zero-order valence-electron chi connectivity index (χ0n) is 11.9. The molecule has 0 bridgehead atoms. The summed E-state index contributed by atoms with van der Waals surface area (Å²) < 4.78 is 0. The summed E-state index contributed by atoms with van der Waals surface area (Å²) in [6, 6.07) is 3.93. The van der Waals surface area contributed by atoms with Crippen molar-refractivity contribution in [3.63, 3.8) is 0 Å². The van der Waals surface area contributed by atoms with Crippen LogP contribution in [0.1, 0.15) is 13.8 Å². The van der Waals surface area contributed by atoms with Crippen molar-refractivity contribution in [3.8, 4) is 11.1 Å². The van der Waals surface area contributed by atoms with Gasteiger partial charge in [-0.1, -0.05) is 0 Å². The smallest absolute Gasteiger partial charge is 0.225 e. The van der Waals surface area contributed by atoms with Crippen LogP contribution in [0, 0.1) is 0 Å². The minimum atomic E-state index is 0.103. The quantitative estimate of drug-likeness (QED) is 0.899. The van der Waals surface area contributed by atoms with Crippen LogP contribution in [0.15, 0.2) is 36.9 Å². The summed E-state index contributed by atoms with van der Waals surface area (Å²) in [6.07, 6.45) is 7.32. The third kappa shape index (κ3) is 2.77. The van der Waals surface area contributed by atoms with Gasteiger partial charge in [-0.15, -0.1) is 0 Å². The van der Waals surface area contributed by atoms with Crippen LogP contribution in [-0.2, 0) is 0 Å². The van der Waals surface area contributed by atoms with E-state index in [-0.39, 0.29) is 5.54 Å². The van der Waals surface area contributed by atoms with Gasteiger partial charge in [-0.2, -0.15) is 0 Å². The lowest BCUT2D eigenvalue weighted by Crippen LogP contribution is -2.57. The highest BCUT2D eigenvalue weighted by molar-refractivity contribution is 5.61. The molecule has 0 unspecified atom stereocenters. The van der Waals surface area contributed by atoms with E-state index < -0.39 is 0 Å². The van der Waals surface area contributed by atoms with Gasteiger partial charge in [0.2, 0.25) is 5.95 Å². The molecule has 3 heterocycles. The number of nitrogens with one attached hydrogen (secondary N) is 1. The van der Waals surface area contributed by atoms with E-state index >= 15 is 0 Å². The molecule has 1 fully saturated rings. The molecule has 0 amide bonds. The fourth-order valence-corrected chi connectivity index (χ4v) is 2.49. The third-order valence-corrected chi connectivity index (χ3v) is 3.51. The Labute approximate surface area is 119 Å². The van der Waals surface area contributed by atoms with E-state index in [0.29, 0.717) is 0 Å². The number of hydrogen-bond acceptors (Lipinski definition) is 5. The largest absolute Gasteiger partial charge is 0.338 e. The molecular formula is C15H19N5. The van der Waals surface area contributed by atoms with Crippen molar-refractivity contribution in [2.45, 2.75) is 19.4 Å². The van der Waals surface area contributed by atoms with Gasteiger partial charge in [-0.3, -0.25) is 4.98 Å². The van der Waals surface area contributed by atoms with Crippen molar-refractivity contribution < 1.29 is 0 Å². The van der Waals surface area contributed by atoms with Crippen LogP contribution < -0.4 is 10.2 Å². The number of pyridine rings is 1. The summed E-state index contributed by atoms with van der Waals surface area (Å²) in [7, 11) is 0. The highest BCUT2D eigenvalue weighted by Crippen LogP contribution is 2.19. The first-order valence-electron chi connectivity index (χ1n) is 6.86. The second-order valence-electron chi connectivity index (χ2n) is 5.74. The zero-order valence-corrected chi connectivity index (χ0v) is 11.9. The Hall–Kier alpha value is -2.01. The number of rotatable bonds is 2. The molecule has 0 radical (unpaired) electrons. The van der Waals surface area contributed by atoms with Gasteiger partial charge >= 0.3 is 0 Å². The van der Waals surface area contributed by atoms with E-state index in [4.69, 9.17) is 0 Å². The van der Waals surface area contributed by atoms with Crippen molar-refractivity contribution in [1.82, 2.24) is 20.3 Å². The van der Waals surface area contributed by atoms with Gasteiger partial charge in [0.15, 0.2) is 0 Å². The lowest BCUT2D eigenvalue weighted by Gasteiger charge is -2.39. The summed E-state index contributed by atoms with van der Waals surface area (Å²) in [6.45, 7) is 7.22.